The van der Waals surface area contributed by atoms with Crippen molar-refractivity contribution in [3.63, 3.8) is 0 Å². The Morgan fingerprint density at radius 1 is 0.654 bits per heavy atom. The molecular weight excluding hydrogens is 665 g/mol. The van der Waals surface area contributed by atoms with Crippen LogP contribution in [0.4, 0.5) is 31.0 Å². The third-order valence-electron chi connectivity index (χ3n) is 8.09. The van der Waals surface area contributed by atoms with Crippen LogP contribution in [0.15, 0.2) is 97.1 Å². The third kappa shape index (κ3) is 10.2. The first-order chi connectivity index (χ1) is 24.5. The molecule has 2 aliphatic rings. The van der Waals surface area contributed by atoms with Crippen molar-refractivity contribution in [2.24, 2.45) is 0 Å². The number of amides is 4. The maximum absolute atomic E-state index is 13.9. The van der Waals surface area contributed by atoms with Crippen molar-refractivity contribution in [2.45, 2.75) is 77.9 Å². The van der Waals surface area contributed by atoms with Gasteiger partial charge in [-0.25, -0.2) is 14.0 Å². The van der Waals surface area contributed by atoms with Gasteiger partial charge < -0.3 is 25.0 Å². The summed E-state index contributed by atoms with van der Waals surface area (Å²) in [6, 6.07) is 19.5. The van der Waals surface area contributed by atoms with Crippen LogP contribution in [-0.4, -0.2) is 70.2 Å². The number of hydrogen-bond acceptors (Lipinski definition) is 7. The van der Waals surface area contributed by atoms with E-state index in [1.165, 1.54) is 21.9 Å². The molecule has 2 aliphatic heterocycles. The molecule has 0 radical (unpaired) electrons. The van der Waals surface area contributed by atoms with E-state index >= 15 is 0 Å². The Hall–Kier alpha value is -5.65. The first-order valence-corrected chi connectivity index (χ1v) is 17.2. The highest BCUT2D eigenvalue weighted by Crippen LogP contribution is 2.24. The lowest BCUT2D eigenvalue weighted by Crippen LogP contribution is -2.45. The van der Waals surface area contributed by atoms with Crippen molar-refractivity contribution < 1.29 is 33.0 Å². The number of rotatable bonds is 9. The van der Waals surface area contributed by atoms with Crippen molar-refractivity contribution in [2.75, 3.05) is 28.6 Å². The number of benzene rings is 3. The molecule has 5 rings (SSSR count). The summed E-state index contributed by atoms with van der Waals surface area (Å²) in [5.41, 5.74) is 2.49. The summed E-state index contributed by atoms with van der Waals surface area (Å²) in [4.78, 5) is 56.4. The maximum atomic E-state index is 13.9. The minimum Gasteiger partial charge on any atom is -0.444 e. The van der Waals surface area contributed by atoms with E-state index in [0.29, 0.717) is 24.5 Å². The van der Waals surface area contributed by atoms with Crippen molar-refractivity contribution in [3.8, 4) is 0 Å². The van der Waals surface area contributed by atoms with Crippen LogP contribution in [-0.2, 0) is 32.2 Å². The molecule has 274 valence electrons. The Bertz CT molecular complexity index is 1700. The number of anilines is 3. The van der Waals surface area contributed by atoms with Gasteiger partial charge in [0.15, 0.2) is 0 Å². The molecule has 3 aromatic rings. The van der Waals surface area contributed by atoms with E-state index in [1.54, 1.807) is 102 Å². The van der Waals surface area contributed by atoms with E-state index in [4.69, 9.17) is 9.47 Å². The van der Waals surface area contributed by atoms with Crippen molar-refractivity contribution >= 4 is 41.1 Å². The molecule has 0 aromatic heterocycles. The molecule has 12 heteroatoms. The molecule has 0 aliphatic carbocycles. The van der Waals surface area contributed by atoms with Crippen LogP contribution in [0.3, 0.4) is 0 Å². The van der Waals surface area contributed by atoms with Crippen molar-refractivity contribution in [1.82, 2.24) is 9.80 Å². The normalized spacial score (nSPS) is 16.8. The smallest absolute Gasteiger partial charge is 0.411 e. The zero-order chi connectivity index (χ0) is 37.6. The summed E-state index contributed by atoms with van der Waals surface area (Å²) < 4.78 is 24.8. The summed E-state index contributed by atoms with van der Waals surface area (Å²) in [6.45, 7) is 12.2. The topological polar surface area (TPSA) is 121 Å². The number of nitrogens with zero attached hydrogens (tertiary/aromatic N) is 3. The Morgan fingerprint density at radius 2 is 1.04 bits per heavy atom. The van der Waals surface area contributed by atoms with Crippen LogP contribution in [0, 0.1) is 5.82 Å². The fourth-order valence-electron chi connectivity index (χ4n) is 5.67. The van der Waals surface area contributed by atoms with Gasteiger partial charge in [0.2, 0.25) is 0 Å². The summed E-state index contributed by atoms with van der Waals surface area (Å²) in [5, 5.41) is 5.78. The second-order valence-electron chi connectivity index (χ2n) is 14.7. The van der Waals surface area contributed by atoms with Crippen molar-refractivity contribution in [1.29, 1.82) is 0 Å². The van der Waals surface area contributed by atoms with Crippen molar-refractivity contribution in [3.05, 3.63) is 114 Å². The summed E-state index contributed by atoms with van der Waals surface area (Å²) in [5.74, 6) is -1.03. The first-order valence-electron chi connectivity index (χ1n) is 17.2. The predicted molar refractivity (Wildman–Crippen MR) is 198 cm³/mol. The molecular formula is C40H46FN5O6. The minimum absolute atomic E-state index is 0.287. The zero-order valence-electron chi connectivity index (χ0n) is 30.4. The fraction of sp³-hybridized carbons (Fsp3) is 0.350. The fourth-order valence-corrected chi connectivity index (χ4v) is 5.67. The largest absolute Gasteiger partial charge is 0.444 e. The van der Waals surface area contributed by atoms with Gasteiger partial charge in [0.25, 0.3) is 11.8 Å². The first kappa shape index (κ1) is 37.6. The molecule has 2 heterocycles. The molecule has 0 bridgehead atoms. The summed E-state index contributed by atoms with van der Waals surface area (Å²) >= 11 is 0. The molecule has 2 N–H and O–H groups in total. The van der Waals surface area contributed by atoms with E-state index in [2.05, 4.69) is 15.5 Å². The number of hydrogen-bond donors (Lipinski definition) is 2. The van der Waals surface area contributed by atoms with Gasteiger partial charge in [0.1, 0.15) is 29.1 Å². The van der Waals surface area contributed by atoms with Crippen LogP contribution in [0.2, 0.25) is 0 Å². The Balaban J connectivity index is 1.22. The highest BCUT2D eigenvalue weighted by molar-refractivity contribution is 5.99. The number of ether oxygens (including phenoxy) is 2. The van der Waals surface area contributed by atoms with Gasteiger partial charge in [-0.05, 0) is 101 Å². The number of halogens is 1. The number of nitrogens with one attached hydrogen (secondary N) is 2. The quantitative estimate of drug-likeness (QED) is 0.224. The number of carbonyl (C=O) groups excluding carboxylic acids is 4. The monoisotopic (exact) mass is 711 g/mol. The third-order valence-corrected chi connectivity index (χ3v) is 8.09. The van der Waals surface area contributed by atoms with Gasteiger partial charge in [0, 0.05) is 43.2 Å². The second kappa shape index (κ2) is 15.7. The van der Waals surface area contributed by atoms with E-state index < -0.39 is 35.5 Å². The van der Waals surface area contributed by atoms with E-state index in [0.717, 1.165) is 16.8 Å². The van der Waals surface area contributed by atoms with Gasteiger partial charge in [0.05, 0.1) is 0 Å². The maximum Gasteiger partial charge on any atom is 0.411 e. The van der Waals surface area contributed by atoms with Crippen LogP contribution < -0.4 is 15.5 Å². The average molecular weight is 712 g/mol. The Labute approximate surface area is 304 Å². The van der Waals surface area contributed by atoms with Gasteiger partial charge in [-0.3, -0.25) is 19.4 Å². The van der Waals surface area contributed by atoms with E-state index in [1.807, 2.05) is 24.3 Å². The van der Waals surface area contributed by atoms with Crippen LogP contribution in [0.1, 0.15) is 52.7 Å². The van der Waals surface area contributed by atoms with Gasteiger partial charge >= 0.3 is 12.2 Å². The zero-order valence-corrected chi connectivity index (χ0v) is 30.4. The molecule has 0 saturated heterocycles. The molecule has 2 atom stereocenters. The highest BCUT2D eigenvalue weighted by atomic mass is 19.1. The molecule has 0 unspecified atom stereocenters. The average Bonchev–Trinajstić information content (AvgIpc) is 3.76. The Kier molecular flexibility index (Phi) is 11.4. The molecule has 11 nitrogen and oxygen atoms in total. The molecule has 0 saturated carbocycles. The summed E-state index contributed by atoms with van der Waals surface area (Å²) in [7, 11) is 0. The number of carbonyl (C=O) groups is 4. The molecule has 0 fully saturated rings. The van der Waals surface area contributed by atoms with Gasteiger partial charge in [-0.15, -0.1) is 0 Å². The SMILES string of the molecule is CC(C)(C)OC(=O)N1CC=C[C@H]1C(=O)Nc1ccc(CN(Cc2ccc(NC(=O)[C@@H]3C=CCN3C(=O)OC(C)(C)C)cc2)c2ccc(F)cc2)cc1. The molecule has 52 heavy (non-hydrogen) atoms. The molecule has 3 aromatic carbocycles. The van der Waals surface area contributed by atoms with Crippen LogP contribution >= 0.6 is 0 Å². The van der Waals surface area contributed by atoms with Gasteiger partial charge in [-0.2, -0.15) is 0 Å². The summed E-state index contributed by atoms with van der Waals surface area (Å²) in [6.07, 6.45) is 5.78. The van der Waals surface area contributed by atoms with Gasteiger partial charge in [-0.1, -0.05) is 48.6 Å². The standard InChI is InChI=1S/C40H46FN5O6/c1-39(2,3)51-37(49)45-23-7-9-33(45)35(47)42-30-17-11-27(12-18-30)25-44(32-21-15-29(41)16-22-32)26-28-13-19-31(20-14-28)43-36(48)34-10-8-24-46(34)38(50)52-40(4,5)6/h7-22,33-34H,23-26H2,1-6H3,(H,42,47)(H,43,48)/t33-,34-/m0/s1. The van der Waals surface area contributed by atoms with E-state index in [9.17, 15) is 23.6 Å². The van der Waals surface area contributed by atoms with Crippen LogP contribution in [0.25, 0.3) is 0 Å². The van der Waals surface area contributed by atoms with Crippen LogP contribution in [0.5, 0.6) is 0 Å². The lowest BCUT2D eigenvalue weighted by Gasteiger charge is -2.28. The molecule has 0 spiro atoms. The lowest BCUT2D eigenvalue weighted by atomic mass is 10.1. The minimum atomic E-state index is -0.783. The Morgan fingerprint density at radius 3 is 1.40 bits per heavy atom. The highest BCUT2D eigenvalue weighted by Gasteiger charge is 2.35. The van der Waals surface area contributed by atoms with E-state index in [-0.39, 0.29) is 30.7 Å². The molecule has 4 amide bonds. The predicted octanol–water partition coefficient (Wildman–Crippen LogP) is 7.26. The lowest BCUT2D eigenvalue weighted by molar-refractivity contribution is -0.120. The second-order valence-corrected chi connectivity index (χ2v) is 14.7.